The third-order valence-corrected chi connectivity index (χ3v) is 13.7. The molecule has 57 heavy (non-hydrogen) atoms. The lowest BCUT2D eigenvalue weighted by Gasteiger charge is -2.39. The van der Waals surface area contributed by atoms with E-state index in [0.29, 0.717) is 30.8 Å². The molecule has 5 aliphatic rings. The Kier molecular flexibility index (Phi) is 11.2. The summed E-state index contributed by atoms with van der Waals surface area (Å²) in [5.74, 6) is 3.75. The molecule has 14 nitrogen and oxygen atoms in total. The number of nitrogens with zero attached hydrogens (tertiary/aromatic N) is 2. The minimum atomic E-state index is -3.98. The fourth-order valence-corrected chi connectivity index (χ4v) is 9.80. The smallest absolute Gasteiger partial charge is 0.408 e. The summed E-state index contributed by atoms with van der Waals surface area (Å²) < 4.78 is 46.0. The number of carbonyl (C=O) groups is 4. The number of hydrogen-bond donors (Lipinski definition) is 3. The van der Waals surface area contributed by atoms with Gasteiger partial charge in [0, 0.05) is 11.8 Å². The molecule has 3 fully saturated rings. The highest BCUT2D eigenvalue weighted by Crippen LogP contribution is 2.36. The van der Waals surface area contributed by atoms with Crippen molar-refractivity contribution in [2.24, 2.45) is 17.3 Å². The number of benzene rings is 1. The van der Waals surface area contributed by atoms with Crippen molar-refractivity contribution in [3.8, 4) is 23.3 Å². The number of ether oxygens (including phenoxy) is 3. The first-order chi connectivity index (χ1) is 27.1. The third-order valence-electron chi connectivity index (χ3n) is 11.9. The summed E-state index contributed by atoms with van der Waals surface area (Å²) in [4.78, 5) is 62.9. The minimum absolute atomic E-state index is 0.0164. The second-order valence-electron chi connectivity index (χ2n) is 17.1. The largest absolute Gasteiger partial charge is 0.497 e. The zero-order chi connectivity index (χ0) is 40.7. The highest BCUT2D eigenvalue weighted by atomic mass is 32.2. The molecule has 0 unspecified atom stereocenters. The van der Waals surface area contributed by atoms with Crippen molar-refractivity contribution >= 4 is 44.7 Å². The van der Waals surface area contributed by atoms with E-state index in [0.717, 1.165) is 61.5 Å². The molecule has 0 spiro atoms. The molecule has 1 aromatic heterocycles. The Morgan fingerprint density at radius 3 is 2.53 bits per heavy atom. The topological polar surface area (TPSA) is 182 Å². The molecule has 3 aliphatic carbocycles. The van der Waals surface area contributed by atoms with Crippen LogP contribution in [0.1, 0.15) is 90.7 Å². The van der Waals surface area contributed by atoms with Gasteiger partial charge in [0.25, 0.3) is 5.91 Å². The maximum absolute atomic E-state index is 14.8. The number of amides is 4. The molecular formula is C42H53N5O9S. The fraction of sp³-hybridized carbons (Fsp3) is 0.595. The van der Waals surface area contributed by atoms with Gasteiger partial charge in [0.2, 0.25) is 21.8 Å². The number of aromatic nitrogens is 1. The number of nitrogens with one attached hydrogen (secondary N) is 3. The molecule has 4 amide bonds. The van der Waals surface area contributed by atoms with Crippen LogP contribution >= 0.6 is 0 Å². The highest BCUT2D eigenvalue weighted by Gasteiger charge is 2.54. The third kappa shape index (κ3) is 8.42. The molecule has 2 bridgehead atoms. The molecule has 2 saturated carbocycles. The lowest BCUT2D eigenvalue weighted by molar-refractivity contribution is -0.143. The maximum atomic E-state index is 14.8. The normalized spacial score (nSPS) is 29.4. The molecule has 3 heterocycles. The average Bonchev–Trinajstić information content (AvgIpc) is 3.81. The van der Waals surface area contributed by atoms with E-state index in [1.54, 1.807) is 7.11 Å². The average molecular weight is 804 g/mol. The summed E-state index contributed by atoms with van der Waals surface area (Å²) in [5.41, 5.74) is -1.21. The van der Waals surface area contributed by atoms with Crippen LogP contribution in [-0.4, -0.2) is 90.9 Å². The number of fused-ring (bicyclic) bond motifs is 5. The number of aryl methyl sites for hydroxylation is 1. The van der Waals surface area contributed by atoms with Gasteiger partial charge in [0.15, 0.2) is 5.54 Å². The number of methoxy groups -OCH3 is 1. The van der Waals surface area contributed by atoms with Crippen LogP contribution in [0.15, 0.2) is 36.9 Å². The SMILES string of the molecule is C=C[C@@H]1C#C[C@]1(NC(=O)[C@@H]1C[C@@H]2CN1C(=O)[C@H](C(C)(C)C)NC(=O)O[C@@H]1CCC[C@H]1CCCCCc1nc3ccc(OC)cc3cc1O2)C(=O)NS(=O)(=O)C1CC1. The van der Waals surface area contributed by atoms with E-state index >= 15 is 0 Å². The van der Waals surface area contributed by atoms with E-state index in [2.05, 4.69) is 33.8 Å². The number of sulfonamides is 1. The Bertz CT molecular complexity index is 2120. The van der Waals surface area contributed by atoms with Gasteiger partial charge in [-0.2, -0.15) is 0 Å². The van der Waals surface area contributed by atoms with E-state index in [-0.39, 0.29) is 25.0 Å². The zero-order valence-electron chi connectivity index (χ0n) is 33.1. The van der Waals surface area contributed by atoms with Gasteiger partial charge in [0.05, 0.1) is 36.0 Å². The molecular weight excluding hydrogens is 751 g/mol. The number of alkyl carbamates (subject to hydrolysis) is 1. The first-order valence-corrected chi connectivity index (χ1v) is 21.6. The van der Waals surface area contributed by atoms with E-state index in [9.17, 15) is 27.6 Å². The molecule has 2 aliphatic heterocycles. The van der Waals surface area contributed by atoms with Crippen molar-refractivity contribution < 1.29 is 41.8 Å². The number of hydrogen-bond acceptors (Lipinski definition) is 10. The van der Waals surface area contributed by atoms with Gasteiger partial charge in [0.1, 0.15) is 35.8 Å². The molecule has 306 valence electrons. The predicted octanol–water partition coefficient (Wildman–Crippen LogP) is 4.30. The predicted molar refractivity (Wildman–Crippen MR) is 211 cm³/mol. The van der Waals surface area contributed by atoms with E-state index in [4.69, 9.17) is 19.2 Å². The van der Waals surface area contributed by atoms with Crippen LogP contribution in [0.3, 0.4) is 0 Å². The monoisotopic (exact) mass is 803 g/mol. The Morgan fingerprint density at radius 1 is 1.07 bits per heavy atom. The van der Waals surface area contributed by atoms with Crippen LogP contribution in [0.2, 0.25) is 0 Å². The van der Waals surface area contributed by atoms with Crippen molar-refractivity contribution in [3.63, 3.8) is 0 Å². The molecule has 15 heteroatoms. The van der Waals surface area contributed by atoms with E-state index < -0.39 is 74.1 Å². The van der Waals surface area contributed by atoms with Gasteiger partial charge in [-0.1, -0.05) is 51.5 Å². The summed E-state index contributed by atoms with van der Waals surface area (Å²) in [6.45, 7) is 9.18. The van der Waals surface area contributed by atoms with Crippen LogP contribution in [-0.2, 0) is 35.6 Å². The van der Waals surface area contributed by atoms with Gasteiger partial charge in [-0.15, -0.1) is 6.58 Å². The minimum Gasteiger partial charge on any atom is -0.497 e. The van der Waals surface area contributed by atoms with Gasteiger partial charge in [-0.25, -0.2) is 22.9 Å². The molecule has 1 aromatic carbocycles. The Labute approximate surface area is 334 Å². The lowest BCUT2D eigenvalue weighted by Crippen LogP contribution is -2.68. The number of carbonyl (C=O) groups excluding carboxylic acids is 4. The maximum Gasteiger partial charge on any atom is 0.408 e. The number of rotatable bonds is 7. The zero-order valence-corrected chi connectivity index (χ0v) is 33.9. The summed E-state index contributed by atoms with van der Waals surface area (Å²) >= 11 is 0. The molecule has 2 aromatic rings. The first kappa shape index (κ1) is 40.4. The Hall–Kier alpha value is -4.84. The summed E-state index contributed by atoms with van der Waals surface area (Å²) in [6, 6.07) is 5.25. The van der Waals surface area contributed by atoms with Crippen molar-refractivity contribution in [2.45, 2.75) is 126 Å². The van der Waals surface area contributed by atoms with Crippen LogP contribution in [0.25, 0.3) is 10.9 Å². The molecule has 7 rings (SSSR count). The van der Waals surface area contributed by atoms with Crippen molar-refractivity contribution in [2.75, 3.05) is 13.7 Å². The van der Waals surface area contributed by atoms with Gasteiger partial charge in [-0.05, 0) is 87.0 Å². The van der Waals surface area contributed by atoms with Gasteiger partial charge < -0.3 is 29.7 Å². The number of pyridine rings is 1. The van der Waals surface area contributed by atoms with Crippen LogP contribution in [0.4, 0.5) is 4.79 Å². The van der Waals surface area contributed by atoms with Crippen LogP contribution < -0.4 is 24.8 Å². The first-order valence-electron chi connectivity index (χ1n) is 20.1. The van der Waals surface area contributed by atoms with Crippen molar-refractivity contribution in [1.29, 1.82) is 0 Å². The van der Waals surface area contributed by atoms with E-state index in [1.165, 1.54) is 11.0 Å². The molecule has 1 saturated heterocycles. The highest BCUT2D eigenvalue weighted by molar-refractivity contribution is 7.91. The second-order valence-corrected chi connectivity index (χ2v) is 19.1. The van der Waals surface area contributed by atoms with Gasteiger partial charge >= 0.3 is 6.09 Å². The standard InChI is InChI=1S/C42H53N5O9S/c1-6-27-19-20-42(27,39(50)46-57(52,53)30-16-17-30)45-37(48)33-23-29-24-47(33)38(49)36(41(2,3)4)44-40(51)56-34-14-10-12-25(34)11-8-7-9-13-32-35(55-29)22-26-21-28(54-5)15-18-31(26)43-32/h6,15,18,21-22,25,27,29-30,33-34,36H,1,7-14,16-17,23-24H2,2-5H3,(H,44,51)(H,45,48)(H,46,50)/t25-,27-,29-,33+,34-,36-,42-/m1/s1. The van der Waals surface area contributed by atoms with E-state index in [1.807, 2.05) is 45.0 Å². The van der Waals surface area contributed by atoms with Crippen molar-refractivity contribution in [3.05, 3.63) is 42.6 Å². The van der Waals surface area contributed by atoms with Crippen molar-refractivity contribution in [1.82, 2.24) is 25.2 Å². The van der Waals surface area contributed by atoms with Crippen LogP contribution in [0.5, 0.6) is 11.5 Å². The molecule has 0 radical (unpaired) electrons. The Morgan fingerprint density at radius 2 is 1.84 bits per heavy atom. The quantitative estimate of drug-likeness (QED) is 0.270. The van der Waals surface area contributed by atoms with Gasteiger partial charge in [-0.3, -0.25) is 14.4 Å². The lowest BCUT2D eigenvalue weighted by atomic mass is 9.76. The Balaban J connectivity index is 1.24. The summed E-state index contributed by atoms with van der Waals surface area (Å²) in [6.07, 6.45) is 7.58. The molecule has 7 atom stereocenters. The van der Waals surface area contributed by atoms with Crippen LogP contribution in [0, 0.1) is 29.1 Å². The molecule has 3 N–H and O–H groups in total. The second kappa shape index (κ2) is 15.8. The summed E-state index contributed by atoms with van der Waals surface area (Å²) in [5, 5.41) is 5.69. The fourth-order valence-electron chi connectivity index (χ4n) is 8.45. The summed E-state index contributed by atoms with van der Waals surface area (Å²) in [7, 11) is -2.39.